The Morgan fingerprint density at radius 1 is 1.08 bits per heavy atom. The maximum absolute atomic E-state index is 9.47. The number of anilines is 3. The third kappa shape index (κ3) is 3.49. The number of nitrogen functional groups attached to an aromatic ring is 1. The summed E-state index contributed by atoms with van der Waals surface area (Å²) in [6.07, 6.45) is 0. The predicted molar refractivity (Wildman–Crippen MR) is 94.8 cm³/mol. The van der Waals surface area contributed by atoms with Crippen molar-refractivity contribution in [3.8, 4) is 22.8 Å². The first-order valence-corrected chi connectivity index (χ1v) is 7.47. The minimum Gasteiger partial charge on any atom is -0.506 e. The number of rotatable bonds is 4. The molecule has 0 aliphatic heterocycles. The molecule has 3 rings (SSSR count). The minimum absolute atomic E-state index is 0.0170. The number of methoxy groups -OCH3 is 1. The van der Waals surface area contributed by atoms with E-state index < -0.39 is 0 Å². The van der Waals surface area contributed by atoms with Crippen LogP contribution >= 0.6 is 11.6 Å². The highest BCUT2D eigenvalue weighted by Gasteiger charge is 2.07. The monoisotopic (exact) mass is 342 g/mol. The molecule has 0 aliphatic rings. The number of halogens is 1. The van der Waals surface area contributed by atoms with Crippen LogP contribution in [-0.2, 0) is 0 Å². The normalized spacial score (nSPS) is 10.4. The van der Waals surface area contributed by atoms with Crippen molar-refractivity contribution in [1.29, 1.82) is 0 Å². The van der Waals surface area contributed by atoms with Crippen molar-refractivity contribution in [2.45, 2.75) is 0 Å². The van der Waals surface area contributed by atoms with Crippen LogP contribution in [0.15, 0.2) is 48.5 Å². The molecule has 1 heterocycles. The second-order valence-electron chi connectivity index (χ2n) is 5.02. The van der Waals surface area contributed by atoms with E-state index in [1.54, 1.807) is 25.3 Å². The zero-order chi connectivity index (χ0) is 17.1. The molecule has 0 radical (unpaired) electrons. The van der Waals surface area contributed by atoms with Crippen molar-refractivity contribution < 1.29 is 9.84 Å². The average Bonchev–Trinajstić information content (AvgIpc) is 2.58. The number of nitrogens with zero attached hydrogens (tertiary/aromatic N) is 2. The molecule has 2 aromatic carbocycles. The van der Waals surface area contributed by atoms with E-state index in [0.29, 0.717) is 17.2 Å². The minimum atomic E-state index is 0.0170. The zero-order valence-corrected chi connectivity index (χ0v) is 13.6. The van der Waals surface area contributed by atoms with Crippen LogP contribution in [0.25, 0.3) is 11.3 Å². The lowest BCUT2D eigenvalue weighted by molar-refractivity contribution is 0.415. The third-order valence-corrected chi connectivity index (χ3v) is 3.65. The van der Waals surface area contributed by atoms with Crippen molar-refractivity contribution >= 4 is 29.1 Å². The number of phenolic OH excluding ortho intramolecular Hbond substituents is 1. The van der Waals surface area contributed by atoms with E-state index in [9.17, 15) is 5.11 Å². The van der Waals surface area contributed by atoms with E-state index in [4.69, 9.17) is 22.1 Å². The number of hydrogen-bond donors (Lipinski definition) is 3. The van der Waals surface area contributed by atoms with Gasteiger partial charge in [-0.3, -0.25) is 0 Å². The summed E-state index contributed by atoms with van der Waals surface area (Å²) in [5.74, 6) is 1.45. The van der Waals surface area contributed by atoms with Crippen LogP contribution in [-0.4, -0.2) is 22.2 Å². The fraction of sp³-hybridized carbons (Fsp3) is 0.0588. The number of nitrogens with one attached hydrogen (secondary N) is 1. The molecule has 0 saturated carbocycles. The molecular formula is C17H15ClN4O2. The van der Waals surface area contributed by atoms with Gasteiger partial charge < -0.3 is 20.9 Å². The Labute approximate surface area is 143 Å². The van der Waals surface area contributed by atoms with Gasteiger partial charge in [0.2, 0.25) is 5.95 Å². The summed E-state index contributed by atoms with van der Waals surface area (Å²) in [5.41, 5.74) is 8.05. The Bertz CT molecular complexity index is 869. The third-order valence-electron chi connectivity index (χ3n) is 3.35. The van der Waals surface area contributed by atoms with E-state index in [2.05, 4.69) is 15.3 Å². The van der Waals surface area contributed by atoms with E-state index in [1.165, 1.54) is 6.07 Å². The van der Waals surface area contributed by atoms with Gasteiger partial charge in [0.25, 0.3) is 0 Å². The molecule has 0 unspecified atom stereocenters. The predicted octanol–water partition coefficient (Wildman–Crippen LogP) is 3.84. The second-order valence-corrected chi connectivity index (χ2v) is 5.42. The highest BCUT2D eigenvalue weighted by molar-refractivity contribution is 6.32. The maximum Gasteiger partial charge on any atom is 0.222 e. The average molecular weight is 343 g/mol. The van der Waals surface area contributed by atoms with Crippen LogP contribution in [0.5, 0.6) is 11.5 Å². The molecule has 0 aliphatic carbocycles. The van der Waals surface area contributed by atoms with Gasteiger partial charge in [-0.05, 0) is 42.5 Å². The molecule has 3 aromatic rings. The summed E-state index contributed by atoms with van der Waals surface area (Å²) in [6, 6.07) is 14.0. The Morgan fingerprint density at radius 3 is 2.50 bits per heavy atom. The Balaban J connectivity index is 1.91. The highest BCUT2D eigenvalue weighted by atomic mass is 35.5. The van der Waals surface area contributed by atoms with Crippen LogP contribution in [0.1, 0.15) is 0 Å². The van der Waals surface area contributed by atoms with Crippen molar-refractivity contribution in [3.05, 3.63) is 53.6 Å². The van der Waals surface area contributed by atoms with Gasteiger partial charge in [-0.2, -0.15) is 4.98 Å². The van der Waals surface area contributed by atoms with Crippen molar-refractivity contribution in [2.75, 3.05) is 18.2 Å². The fourth-order valence-corrected chi connectivity index (χ4v) is 2.35. The van der Waals surface area contributed by atoms with E-state index in [0.717, 1.165) is 11.3 Å². The standard InChI is InChI=1S/C17H15ClN4O2/c1-24-12-5-2-10(3-6-12)14-9-16(22-17(19)21-14)20-11-4-7-15(23)13(18)8-11/h2-9,23H,1H3,(H3,19,20,21,22). The van der Waals surface area contributed by atoms with Crippen molar-refractivity contribution in [3.63, 3.8) is 0 Å². The van der Waals surface area contributed by atoms with Gasteiger partial charge in [-0.1, -0.05) is 11.6 Å². The fourth-order valence-electron chi connectivity index (χ4n) is 2.17. The van der Waals surface area contributed by atoms with E-state index in [1.807, 2.05) is 24.3 Å². The molecule has 0 atom stereocenters. The molecule has 0 amide bonds. The first kappa shape index (κ1) is 15.9. The first-order valence-electron chi connectivity index (χ1n) is 7.09. The van der Waals surface area contributed by atoms with Gasteiger partial charge in [0.15, 0.2) is 0 Å². The van der Waals surface area contributed by atoms with Crippen LogP contribution in [0.2, 0.25) is 5.02 Å². The van der Waals surface area contributed by atoms with E-state index in [-0.39, 0.29) is 16.7 Å². The zero-order valence-electron chi connectivity index (χ0n) is 12.8. The van der Waals surface area contributed by atoms with Gasteiger partial charge in [-0.25, -0.2) is 4.98 Å². The molecule has 0 bridgehead atoms. The Morgan fingerprint density at radius 2 is 1.83 bits per heavy atom. The lowest BCUT2D eigenvalue weighted by atomic mass is 10.1. The first-order chi connectivity index (χ1) is 11.5. The molecule has 0 saturated heterocycles. The summed E-state index contributed by atoms with van der Waals surface area (Å²) < 4.78 is 5.15. The molecular weight excluding hydrogens is 328 g/mol. The largest absolute Gasteiger partial charge is 0.506 e. The lowest BCUT2D eigenvalue weighted by Gasteiger charge is -2.10. The van der Waals surface area contributed by atoms with Crippen molar-refractivity contribution in [1.82, 2.24) is 9.97 Å². The Hall–Kier alpha value is -2.99. The summed E-state index contributed by atoms with van der Waals surface area (Å²) >= 11 is 5.91. The summed E-state index contributed by atoms with van der Waals surface area (Å²) in [5, 5.41) is 12.8. The molecule has 7 heteroatoms. The summed E-state index contributed by atoms with van der Waals surface area (Å²) in [7, 11) is 1.61. The number of ether oxygens (including phenoxy) is 1. The topological polar surface area (TPSA) is 93.3 Å². The van der Waals surface area contributed by atoms with Crippen LogP contribution in [0.4, 0.5) is 17.5 Å². The van der Waals surface area contributed by atoms with Crippen LogP contribution in [0.3, 0.4) is 0 Å². The van der Waals surface area contributed by atoms with Crippen molar-refractivity contribution in [2.24, 2.45) is 0 Å². The molecule has 122 valence electrons. The quantitative estimate of drug-likeness (QED) is 0.624. The molecule has 24 heavy (non-hydrogen) atoms. The molecule has 0 fully saturated rings. The van der Waals surface area contributed by atoms with E-state index >= 15 is 0 Å². The molecule has 4 N–H and O–H groups in total. The number of nitrogens with two attached hydrogens (primary N) is 1. The number of benzene rings is 2. The number of hydrogen-bond acceptors (Lipinski definition) is 6. The van der Waals surface area contributed by atoms with Gasteiger partial charge in [-0.15, -0.1) is 0 Å². The summed E-state index contributed by atoms with van der Waals surface area (Å²) in [6.45, 7) is 0. The number of aromatic nitrogens is 2. The number of aromatic hydroxyl groups is 1. The smallest absolute Gasteiger partial charge is 0.222 e. The Kier molecular flexibility index (Phi) is 4.39. The summed E-state index contributed by atoms with van der Waals surface area (Å²) in [4.78, 5) is 8.42. The SMILES string of the molecule is COc1ccc(-c2cc(Nc3ccc(O)c(Cl)c3)nc(N)n2)cc1. The number of phenols is 1. The van der Waals surface area contributed by atoms with Gasteiger partial charge in [0.05, 0.1) is 17.8 Å². The maximum atomic E-state index is 9.47. The van der Waals surface area contributed by atoms with Crippen LogP contribution in [0, 0.1) is 0 Å². The molecule has 0 spiro atoms. The second kappa shape index (κ2) is 6.64. The van der Waals surface area contributed by atoms with Gasteiger partial charge in [0.1, 0.15) is 17.3 Å². The lowest BCUT2D eigenvalue weighted by Crippen LogP contribution is -2.01. The van der Waals surface area contributed by atoms with Gasteiger partial charge >= 0.3 is 0 Å². The van der Waals surface area contributed by atoms with Gasteiger partial charge in [0, 0.05) is 17.3 Å². The van der Waals surface area contributed by atoms with Crippen LogP contribution < -0.4 is 15.8 Å². The highest BCUT2D eigenvalue weighted by Crippen LogP contribution is 2.29. The molecule has 1 aromatic heterocycles. The molecule has 6 nitrogen and oxygen atoms in total.